The van der Waals surface area contributed by atoms with Crippen LogP contribution in [0.4, 0.5) is 5.69 Å². The number of benzene rings is 1. The van der Waals surface area contributed by atoms with Gasteiger partial charge in [-0.25, -0.2) is 0 Å². The Morgan fingerprint density at radius 1 is 0.923 bits per heavy atom. The lowest BCUT2D eigenvalue weighted by Crippen LogP contribution is -2.44. The van der Waals surface area contributed by atoms with E-state index in [1.54, 1.807) is 0 Å². The van der Waals surface area contributed by atoms with E-state index in [9.17, 15) is 5.21 Å². The molecule has 1 aliphatic rings. The minimum absolute atomic E-state index is 0.731. The van der Waals surface area contributed by atoms with Crippen molar-refractivity contribution in [2.24, 2.45) is 0 Å². The van der Waals surface area contributed by atoms with Crippen LogP contribution in [0.3, 0.4) is 0 Å². The summed E-state index contributed by atoms with van der Waals surface area (Å²) < 4.78 is 0. The predicted octanol–water partition coefficient (Wildman–Crippen LogP) is 1.20. The molecule has 1 saturated heterocycles. The number of rotatable bonds is 1. The first-order chi connectivity index (χ1) is 6.36. The second-order valence-corrected chi connectivity index (χ2v) is 3.28. The number of anilines is 1. The van der Waals surface area contributed by atoms with Crippen molar-refractivity contribution in [2.45, 2.75) is 0 Å². The normalized spacial score (nSPS) is 19.0. The molecule has 0 bridgehead atoms. The number of hydrogen-bond donors (Lipinski definition) is 1. The van der Waals surface area contributed by atoms with Crippen LogP contribution >= 0.6 is 0 Å². The lowest BCUT2D eigenvalue weighted by atomic mass is 10.2. The Kier molecular flexibility index (Phi) is 2.47. The molecule has 13 heavy (non-hydrogen) atoms. The van der Waals surface area contributed by atoms with Crippen LogP contribution in [-0.4, -0.2) is 36.4 Å². The summed E-state index contributed by atoms with van der Waals surface area (Å²) in [6.45, 7) is 3.27. The Bertz CT molecular complexity index is 255. The average molecular weight is 178 g/mol. The van der Waals surface area contributed by atoms with Crippen molar-refractivity contribution in [3.05, 3.63) is 30.3 Å². The molecule has 1 heterocycles. The Morgan fingerprint density at radius 3 is 2.15 bits per heavy atom. The molecule has 0 aliphatic carbocycles. The van der Waals surface area contributed by atoms with Crippen molar-refractivity contribution in [1.82, 2.24) is 5.06 Å². The fourth-order valence-corrected chi connectivity index (χ4v) is 1.59. The van der Waals surface area contributed by atoms with Gasteiger partial charge in [-0.15, -0.1) is 0 Å². The lowest BCUT2D eigenvalue weighted by Gasteiger charge is -2.32. The van der Waals surface area contributed by atoms with Crippen molar-refractivity contribution in [3.63, 3.8) is 0 Å². The van der Waals surface area contributed by atoms with Gasteiger partial charge in [-0.05, 0) is 12.1 Å². The van der Waals surface area contributed by atoms with Gasteiger partial charge in [0.1, 0.15) is 0 Å². The molecule has 1 aliphatic heterocycles. The molecule has 3 heteroatoms. The minimum Gasteiger partial charge on any atom is -0.369 e. The zero-order valence-electron chi connectivity index (χ0n) is 7.56. The monoisotopic (exact) mass is 178 g/mol. The summed E-state index contributed by atoms with van der Waals surface area (Å²) in [5, 5.41) is 10.6. The van der Waals surface area contributed by atoms with E-state index in [-0.39, 0.29) is 0 Å². The summed E-state index contributed by atoms with van der Waals surface area (Å²) in [6.07, 6.45) is 0. The molecule has 2 rings (SSSR count). The van der Waals surface area contributed by atoms with Gasteiger partial charge in [0.15, 0.2) is 0 Å². The predicted molar refractivity (Wildman–Crippen MR) is 52.0 cm³/mol. The van der Waals surface area contributed by atoms with Crippen LogP contribution in [0.25, 0.3) is 0 Å². The standard InChI is InChI=1S/C10H14N2O/c13-12-8-6-11(7-9-12)10-4-2-1-3-5-10/h1-5,13H,6-9H2. The maximum absolute atomic E-state index is 9.18. The first-order valence-corrected chi connectivity index (χ1v) is 4.60. The van der Waals surface area contributed by atoms with Crippen molar-refractivity contribution in [1.29, 1.82) is 0 Å². The fourth-order valence-electron chi connectivity index (χ4n) is 1.59. The van der Waals surface area contributed by atoms with Crippen molar-refractivity contribution in [2.75, 3.05) is 31.1 Å². The van der Waals surface area contributed by atoms with Crippen molar-refractivity contribution < 1.29 is 5.21 Å². The number of piperazine rings is 1. The van der Waals surface area contributed by atoms with E-state index in [1.807, 2.05) is 18.2 Å². The average Bonchev–Trinajstić information content (AvgIpc) is 2.20. The third kappa shape index (κ3) is 1.99. The van der Waals surface area contributed by atoms with Crippen molar-refractivity contribution >= 4 is 5.69 Å². The molecule has 1 aromatic rings. The summed E-state index contributed by atoms with van der Waals surface area (Å²) in [5.41, 5.74) is 1.25. The quantitative estimate of drug-likeness (QED) is 0.700. The number of nitrogens with zero attached hydrogens (tertiary/aromatic N) is 2. The van der Waals surface area contributed by atoms with Gasteiger partial charge in [0.25, 0.3) is 0 Å². The fraction of sp³-hybridized carbons (Fsp3) is 0.400. The van der Waals surface area contributed by atoms with Crippen LogP contribution in [0.2, 0.25) is 0 Å². The Hall–Kier alpha value is -1.06. The maximum atomic E-state index is 9.18. The summed E-state index contributed by atoms with van der Waals surface area (Å²) in [5.74, 6) is 0. The van der Waals surface area contributed by atoms with E-state index in [4.69, 9.17) is 0 Å². The van der Waals surface area contributed by atoms with E-state index in [2.05, 4.69) is 17.0 Å². The largest absolute Gasteiger partial charge is 0.369 e. The highest BCUT2D eigenvalue weighted by molar-refractivity contribution is 5.46. The second kappa shape index (κ2) is 3.77. The van der Waals surface area contributed by atoms with Crippen LogP contribution in [0.5, 0.6) is 0 Å². The first kappa shape index (κ1) is 8.53. The smallest absolute Gasteiger partial charge is 0.0414 e. The zero-order chi connectivity index (χ0) is 9.10. The minimum atomic E-state index is 0.731. The first-order valence-electron chi connectivity index (χ1n) is 4.60. The number of hydrogen-bond acceptors (Lipinski definition) is 3. The van der Waals surface area contributed by atoms with Crippen LogP contribution in [0, 0.1) is 0 Å². The van der Waals surface area contributed by atoms with Gasteiger partial charge in [0.05, 0.1) is 0 Å². The van der Waals surface area contributed by atoms with Crippen molar-refractivity contribution in [3.8, 4) is 0 Å². The molecule has 0 saturated carbocycles. The highest BCUT2D eigenvalue weighted by atomic mass is 16.5. The molecule has 0 radical (unpaired) electrons. The molecule has 70 valence electrons. The molecule has 1 N–H and O–H groups in total. The van der Waals surface area contributed by atoms with Crippen LogP contribution < -0.4 is 4.90 Å². The van der Waals surface area contributed by atoms with Gasteiger partial charge >= 0.3 is 0 Å². The molecule has 0 aromatic heterocycles. The molecule has 0 amide bonds. The highest BCUT2D eigenvalue weighted by Crippen LogP contribution is 2.14. The van der Waals surface area contributed by atoms with Gasteiger partial charge in [-0.3, -0.25) is 0 Å². The molecular weight excluding hydrogens is 164 g/mol. The zero-order valence-corrected chi connectivity index (χ0v) is 7.56. The summed E-state index contributed by atoms with van der Waals surface area (Å²) >= 11 is 0. The molecule has 3 nitrogen and oxygen atoms in total. The van der Waals surface area contributed by atoms with Gasteiger partial charge in [-0.2, -0.15) is 5.06 Å². The van der Waals surface area contributed by atoms with Crippen LogP contribution in [0.1, 0.15) is 0 Å². The third-order valence-corrected chi connectivity index (χ3v) is 2.38. The molecule has 1 aromatic carbocycles. The summed E-state index contributed by atoms with van der Waals surface area (Å²) in [7, 11) is 0. The Labute approximate surface area is 78.2 Å². The van der Waals surface area contributed by atoms with E-state index in [0.29, 0.717) is 0 Å². The lowest BCUT2D eigenvalue weighted by molar-refractivity contribution is -0.0935. The Morgan fingerprint density at radius 2 is 1.54 bits per heavy atom. The Balaban J connectivity index is 2.03. The van der Waals surface area contributed by atoms with Gasteiger partial charge in [-0.1, -0.05) is 18.2 Å². The summed E-state index contributed by atoms with van der Waals surface area (Å²) in [6, 6.07) is 10.3. The third-order valence-electron chi connectivity index (χ3n) is 2.38. The van der Waals surface area contributed by atoms with Gasteiger partial charge < -0.3 is 10.1 Å². The number of hydroxylamine groups is 2. The molecule has 0 unspecified atom stereocenters. The SMILES string of the molecule is ON1CCN(c2ccccc2)CC1. The molecule has 0 spiro atoms. The van der Waals surface area contributed by atoms with Gasteiger partial charge in [0, 0.05) is 31.9 Å². The molecular formula is C10H14N2O. The van der Waals surface area contributed by atoms with E-state index in [1.165, 1.54) is 10.8 Å². The van der Waals surface area contributed by atoms with Crippen LogP contribution in [-0.2, 0) is 0 Å². The second-order valence-electron chi connectivity index (χ2n) is 3.28. The topological polar surface area (TPSA) is 26.7 Å². The number of para-hydroxylation sites is 1. The van der Waals surface area contributed by atoms with Crippen LogP contribution in [0.15, 0.2) is 30.3 Å². The summed E-state index contributed by atoms with van der Waals surface area (Å²) in [4.78, 5) is 2.28. The van der Waals surface area contributed by atoms with E-state index >= 15 is 0 Å². The van der Waals surface area contributed by atoms with E-state index < -0.39 is 0 Å². The van der Waals surface area contributed by atoms with E-state index in [0.717, 1.165) is 26.2 Å². The molecule has 0 atom stereocenters. The highest BCUT2D eigenvalue weighted by Gasteiger charge is 2.14. The maximum Gasteiger partial charge on any atom is 0.0414 e. The van der Waals surface area contributed by atoms with Gasteiger partial charge in [0.2, 0.25) is 0 Å². The molecule has 1 fully saturated rings.